The summed E-state index contributed by atoms with van der Waals surface area (Å²) in [5, 5.41) is 4.97. The molecule has 2 aliphatic rings. The van der Waals surface area contributed by atoms with E-state index >= 15 is 0 Å². The lowest BCUT2D eigenvalue weighted by Gasteiger charge is -2.17. The van der Waals surface area contributed by atoms with Crippen molar-refractivity contribution in [3.63, 3.8) is 0 Å². The van der Waals surface area contributed by atoms with E-state index in [9.17, 15) is 0 Å². The number of rotatable bonds is 5. The summed E-state index contributed by atoms with van der Waals surface area (Å²) in [6, 6.07) is 5.73. The van der Waals surface area contributed by atoms with E-state index in [0.29, 0.717) is 10.0 Å². The maximum Gasteiger partial charge on any atom is 0.0424 e. The lowest BCUT2D eigenvalue weighted by Crippen LogP contribution is -2.27. The molecule has 1 saturated carbocycles. The number of hydrogen-bond acceptors (Lipinski definition) is 2. The Bertz CT molecular complexity index is 431. The summed E-state index contributed by atoms with van der Waals surface area (Å²) in [6.45, 7) is 8.03. The molecule has 19 heavy (non-hydrogen) atoms. The number of benzene rings is 1. The van der Waals surface area contributed by atoms with Crippen molar-refractivity contribution >= 4 is 23.2 Å². The zero-order valence-electron chi connectivity index (χ0n) is 11.2. The molecule has 4 heteroatoms. The topological polar surface area (TPSA) is 15.3 Å². The van der Waals surface area contributed by atoms with Crippen molar-refractivity contribution in [2.45, 2.75) is 13.5 Å². The van der Waals surface area contributed by atoms with Gasteiger partial charge in [0.15, 0.2) is 0 Å². The van der Waals surface area contributed by atoms with Gasteiger partial charge >= 0.3 is 0 Å². The van der Waals surface area contributed by atoms with Gasteiger partial charge in [-0.1, -0.05) is 30.1 Å². The second-order valence-electron chi connectivity index (χ2n) is 5.75. The first kappa shape index (κ1) is 13.7. The van der Waals surface area contributed by atoms with Crippen molar-refractivity contribution in [3.05, 3.63) is 33.8 Å². The number of halogens is 2. The van der Waals surface area contributed by atoms with E-state index in [1.807, 2.05) is 12.1 Å². The molecule has 3 rings (SSSR count). The van der Waals surface area contributed by atoms with Crippen LogP contribution < -0.4 is 5.32 Å². The molecule has 2 nitrogen and oxygen atoms in total. The lowest BCUT2D eigenvalue weighted by molar-refractivity contribution is 0.297. The summed E-state index contributed by atoms with van der Waals surface area (Å²) < 4.78 is 0. The molecule has 0 spiro atoms. The molecular formula is C15H20Cl2N2. The van der Waals surface area contributed by atoms with Crippen LogP contribution in [-0.2, 0) is 6.54 Å². The fraction of sp³-hybridized carbons (Fsp3) is 0.600. The highest BCUT2D eigenvalue weighted by molar-refractivity contribution is 6.34. The van der Waals surface area contributed by atoms with Crippen LogP contribution >= 0.6 is 23.2 Å². The largest absolute Gasteiger partial charge is 0.312 e. The van der Waals surface area contributed by atoms with Gasteiger partial charge < -0.3 is 10.2 Å². The highest BCUT2D eigenvalue weighted by Crippen LogP contribution is 2.51. The summed E-state index contributed by atoms with van der Waals surface area (Å²) in [5.41, 5.74) is 1.17. The number of nitrogens with zero attached hydrogens (tertiary/aromatic N) is 1. The fourth-order valence-corrected chi connectivity index (χ4v) is 3.97. The molecule has 1 aliphatic heterocycles. The van der Waals surface area contributed by atoms with Crippen LogP contribution in [0.4, 0.5) is 0 Å². The maximum atomic E-state index is 6.00. The highest BCUT2D eigenvalue weighted by atomic mass is 35.5. The van der Waals surface area contributed by atoms with Crippen molar-refractivity contribution in [1.82, 2.24) is 10.2 Å². The third kappa shape index (κ3) is 3.08. The average Bonchev–Trinajstić information content (AvgIpc) is 2.83. The van der Waals surface area contributed by atoms with Crippen LogP contribution in [-0.4, -0.2) is 31.1 Å². The molecule has 1 saturated heterocycles. The normalized spacial score (nSPS) is 29.5. The van der Waals surface area contributed by atoms with Gasteiger partial charge in [0.2, 0.25) is 0 Å². The van der Waals surface area contributed by atoms with Gasteiger partial charge in [-0.25, -0.2) is 0 Å². The van der Waals surface area contributed by atoms with Gasteiger partial charge in [-0.3, -0.25) is 0 Å². The number of fused-ring (bicyclic) bond motifs is 1. The van der Waals surface area contributed by atoms with Crippen LogP contribution in [0.5, 0.6) is 0 Å². The van der Waals surface area contributed by atoms with Crippen molar-refractivity contribution < 1.29 is 0 Å². The van der Waals surface area contributed by atoms with E-state index in [2.05, 4.69) is 17.1 Å². The summed E-state index contributed by atoms with van der Waals surface area (Å²) in [4.78, 5) is 2.56. The maximum absolute atomic E-state index is 6.00. The summed E-state index contributed by atoms with van der Waals surface area (Å²) in [6.07, 6.45) is 0. The van der Waals surface area contributed by atoms with Crippen LogP contribution in [0.2, 0.25) is 10.0 Å². The third-order valence-electron chi connectivity index (χ3n) is 4.53. The van der Waals surface area contributed by atoms with Crippen LogP contribution in [0, 0.1) is 17.8 Å². The van der Waals surface area contributed by atoms with E-state index in [1.54, 1.807) is 6.07 Å². The van der Waals surface area contributed by atoms with E-state index < -0.39 is 0 Å². The molecule has 1 aliphatic carbocycles. The van der Waals surface area contributed by atoms with Crippen LogP contribution in [0.15, 0.2) is 18.2 Å². The van der Waals surface area contributed by atoms with Crippen LogP contribution in [0.1, 0.15) is 12.5 Å². The van der Waals surface area contributed by atoms with E-state index in [4.69, 9.17) is 23.2 Å². The quantitative estimate of drug-likeness (QED) is 0.897. The number of hydrogen-bond donors (Lipinski definition) is 1. The molecule has 0 aromatic heterocycles. The third-order valence-corrected chi connectivity index (χ3v) is 4.96. The Kier molecular flexibility index (Phi) is 4.04. The second-order valence-corrected chi connectivity index (χ2v) is 6.63. The second kappa shape index (κ2) is 5.61. The van der Waals surface area contributed by atoms with Gasteiger partial charge in [0.05, 0.1) is 0 Å². The molecule has 0 radical (unpaired) electrons. The van der Waals surface area contributed by atoms with Crippen molar-refractivity contribution in [3.8, 4) is 0 Å². The van der Waals surface area contributed by atoms with Crippen molar-refractivity contribution in [1.29, 1.82) is 0 Å². The fourth-order valence-electron chi connectivity index (χ4n) is 3.39. The van der Waals surface area contributed by atoms with Crippen molar-refractivity contribution in [2.75, 3.05) is 26.2 Å². The Morgan fingerprint density at radius 2 is 1.79 bits per heavy atom. The SMILES string of the molecule is CCN1CC2C(CNCc3cc(Cl)cc(Cl)c3)C2C1. The monoisotopic (exact) mass is 298 g/mol. The van der Waals surface area contributed by atoms with Crippen molar-refractivity contribution in [2.24, 2.45) is 17.8 Å². The van der Waals surface area contributed by atoms with Gasteiger partial charge in [0.1, 0.15) is 0 Å². The zero-order chi connectivity index (χ0) is 13.4. The highest BCUT2D eigenvalue weighted by Gasteiger charge is 2.54. The molecular weight excluding hydrogens is 279 g/mol. The van der Waals surface area contributed by atoms with Gasteiger partial charge in [-0.2, -0.15) is 0 Å². The predicted molar refractivity (Wildman–Crippen MR) is 80.8 cm³/mol. The summed E-state index contributed by atoms with van der Waals surface area (Å²) in [7, 11) is 0. The number of nitrogens with one attached hydrogen (secondary N) is 1. The minimum Gasteiger partial charge on any atom is -0.312 e. The first-order valence-corrected chi connectivity index (χ1v) is 7.81. The lowest BCUT2D eigenvalue weighted by atomic mass is 10.2. The Hall–Kier alpha value is -0.280. The molecule has 0 amide bonds. The Balaban J connectivity index is 1.43. The van der Waals surface area contributed by atoms with Gasteiger partial charge in [0.25, 0.3) is 0 Å². The molecule has 2 unspecified atom stereocenters. The zero-order valence-corrected chi connectivity index (χ0v) is 12.7. The van der Waals surface area contributed by atoms with E-state index in [0.717, 1.165) is 30.8 Å². The van der Waals surface area contributed by atoms with Gasteiger partial charge in [-0.05, 0) is 54.6 Å². The average molecular weight is 299 g/mol. The standard InChI is InChI=1S/C15H20Cl2N2/c1-2-19-8-14-13(15(14)9-19)7-18-6-10-3-11(16)5-12(17)4-10/h3-5,13-15,18H,2,6-9H2,1H3. The minimum atomic E-state index is 0.714. The molecule has 1 heterocycles. The first-order chi connectivity index (χ1) is 9.17. The molecule has 1 aromatic carbocycles. The summed E-state index contributed by atoms with van der Waals surface area (Å²) >= 11 is 12.0. The Morgan fingerprint density at radius 1 is 1.16 bits per heavy atom. The first-order valence-electron chi connectivity index (χ1n) is 7.05. The molecule has 2 atom stereocenters. The van der Waals surface area contributed by atoms with E-state index in [-0.39, 0.29) is 0 Å². The smallest absolute Gasteiger partial charge is 0.0424 e. The summed E-state index contributed by atoms with van der Waals surface area (Å²) in [5.74, 6) is 2.77. The van der Waals surface area contributed by atoms with Gasteiger partial charge in [0, 0.05) is 29.7 Å². The minimum absolute atomic E-state index is 0.714. The molecule has 1 aromatic rings. The number of piperidine rings is 1. The predicted octanol–water partition coefficient (Wildman–Crippen LogP) is 3.28. The van der Waals surface area contributed by atoms with E-state index in [1.165, 1.54) is 25.2 Å². The molecule has 2 fully saturated rings. The molecule has 1 N–H and O–H groups in total. The number of likely N-dealkylation sites (tertiary alicyclic amines) is 1. The molecule has 0 bridgehead atoms. The molecule has 104 valence electrons. The van der Waals surface area contributed by atoms with Crippen LogP contribution in [0.3, 0.4) is 0 Å². The Labute approximate surface area is 125 Å². The van der Waals surface area contributed by atoms with Crippen LogP contribution in [0.25, 0.3) is 0 Å². The Morgan fingerprint density at radius 3 is 2.37 bits per heavy atom. The van der Waals surface area contributed by atoms with Gasteiger partial charge in [-0.15, -0.1) is 0 Å².